The van der Waals surface area contributed by atoms with Gasteiger partial charge in [-0.25, -0.2) is 14.6 Å². The van der Waals surface area contributed by atoms with Crippen LogP contribution >= 0.6 is 23.2 Å². The van der Waals surface area contributed by atoms with Gasteiger partial charge in [-0.2, -0.15) is 5.10 Å². The van der Waals surface area contributed by atoms with Gasteiger partial charge in [-0.05, 0) is 12.0 Å². The Hall–Kier alpha value is -1.13. The van der Waals surface area contributed by atoms with E-state index >= 15 is 0 Å². The zero-order valence-corrected chi connectivity index (χ0v) is 11.1. The maximum Gasteiger partial charge on any atom is 0.162 e. The third-order valence-electron chi connectivity index (χ3n) is 2.42. The first-order valence-electron chi connectivity index (χ1n) is 5.24. The minimum Gasteiger partial charge on any atom is -0.224 e. The zero-order valence-electron chi connectivity index (χ0n) is 9.56. The summed E-state index contributed by atoms with van der Waals surface area (Å²) < 4.78 is 1.68. The molecule has 2 heterocycles. The topological polar surface area (TPSA) is 43.6 Å². The van der Waals surface area contributed by atoms with Crippen molar-refractivity contribution in [3.05, 3.63) is 35.0 Å². The van der Waals surface area contributed by atoms with Gasteiger partial charge in [-0.3, -0.25) is 0 Å². The summed E-state index contributed by atoms with van der Waals surface area (Å²) in [5, 5.41) is 4.81. The van der Waals surface area contributed by atoms with Crippen LogP contribution in [0.1, 0.15) is 31.0 Å². The molecule has 0 aliphatic carbocycles. The number of hydrogen-bond donors (Lipinski definition) is 0. The Bertz CT molecular complexity index is 522. The van der Waals surface area contributed by atoms with Crippen molar-refractivity contribution in [1.29, 1.82) is 0 Å². The summed E-state index contributed by atoms with van der Waals surface area (Å²) in [6.45, 7) is 4.17. The van der Waals surface area contributed by atoms with Crippen molar-refractivity contribution in [2.24, 2.45) is 0 Å². The highest BCUT2D eigenvalue weighted by atomic mass is 35.5. The SMILES string of the molecule is CC(C)c1ccn(-c2ncnc(Cl)c2CCl)n1. The molecule has 4 nitrogen and oxygen atoms in total. The Labute approximate surface area is 110 Å². The molecule has 17 heavy (non-hydrogen) atoms. The van der Waals surface area contributed by atoms with E-state index in [1.165, 1.54) is 6.33 Å². The molecule has 0 atom stereocenters. The minimum absolute atomic E-state index is 0.256. The van der Waals surface area contributed by atoms with Crippen LogP contribution in [0.3, 0.4) is 0 Å². The smallest absolute Gasteiger partial charge is 0.162 e. The Kier molecular flexibility index (Phi) is 3.64. The molecule has 2 rings (SSSR count). The van der Waals surface area contributed by atoms with Gasteiger partial charge in [0.05, 0.1) is 11.6 Å². The first kappa shape index (κ1) is 12.3. The molecule has 0 N–H and O–H groups in total. The fraction of sp³-hybridized carbons (Fsp3) is 0.364. The molecule has 0 aromatic carbocycles. The number of alkyl halides is 1. The van der Waals surface area contributed by atoms with Crippen molar-refractivity contribution in [2.75, 3.05) is 0 Å². The number of aromatic nitrogens is 4. The normalized spacial score (nSPS) is 11.1. The van der Waals surface area contributed by atoms with Crippen LogP contribution in [0.25, 0.3) is 5.82 Å². The van der Waals surface area contributed by atoms with E-state index in [2.05, 4.69) is 28.9 Å². The van der Waals surface area contributed by atoms with Crippen molar-refractivity contribution >= 4 is 23.2 Å². The summed E-state index contributed by atoms with van der Waals surface area (Å²) in [6.07, 6.45) is 3.26. The van der Waals surface area contributed by atoms with Crippen LogP contribution in [0.15, 0.2) is 18.6 Å². The molecule has 0 amide bonds. The van der Waals surface area contributed by atoms with Crippen molar-refractivity contribution in [3.8, 4) is 5.82 Å². The van der Waals surface area contributed by atoms with Crippen LogP contribution in [0.5, 0.6) is 0 Å². The van der Waals surface area contributed by atoms with Gasteiger partial charge in [0.25, 0.3) is 0 Å². The van der Waals surface area contributed by atoms with Crippen molar-refractivity contribution in [3.63, 3.8) is 0 Å². The van der Waals surface area contributed by atoms with Crippen LogP contribution in [0, 0.1) is 0 Å². The van der Waals surface area contributed by atoms with E-state index in [0.717, 1.165) is 5.69 Å². The quantitative estimate of drug-likeness (QED) is 0.636. The molecule has 0 spiro atoms. The van der Waals surface area contributed by atoms with Gasteiger partial charge in [-0.15, -0.1) is 11.6 Å². The fourth-order valence-corrected chi connectivity index (χ4v) is 1.97. The maximum absolute atomic E-state index is 5.97. The predicted molar refractivity (Wildman–Crippen MR) is 67.8 cm³/mol. The van der Waals surface area contributed by atoms with Gasteiger partial charge in [0.1, 0.15) is 11.5 Å². The fourth-order valence-electron chi connectivity index (χ4n) is 1.46. The molecule has 0 aliphatic rings. The highest BCUT2D eigenvalue weighted by Gasteiger charge is 2.12. The largest absolute Gasteiger partial charge is 0.224 e. The third kappa shape index (κ3) is 2.42. The highest BCUT2D eigenvalue weighted by molar-refractivity contribution is 6.31. The average molecular weight is 271 g/mol. The summed E-state index contributed by atoms with van der Waals surface area (Å²) >= 11 is 11.8. The van der Waals surface area contributed by atoms with Gasteiger partial charge >= 0.3 is 0 Å². The standard InChI is InChI=1S/C11H12Cl2N4/c1-7(2)9-3-4-17(16-9)11-8(5-12)10(13)14-6-15-11/h3-4,6-7H,5H2,1-2H3. The van der Waals surface area contributed by atoms with Gasteiger partial charge in [0.15, 0.2) is 5.82 Å². The molecule has 2 aromatic rings. The molecule has 2 aromatic heterocycles. The first-order chi connectivity index (χ1) is 8.13. The second-order valence-electron chi connectivity index (χ2n) is 3.94. The van der Waals surface area contributed by atoms with Crippen molar-refractivity contribution in [1.82, 2.24) is 19.7 Å². The van der Waals surface area contributed by atoms with Crippen LogP contribution < -0.4 is 0 Å². The van der Waals surface area contributed by atoms with Gasteiger partial charge in [-0.1, -0.05) is 25.4 Å². The molecule has 0 aliphatic heterocycles. The minimum atomic E-state index is 0.256. The van der Waals surface area contributed by atoms with E-state index in [4.69, 9.17) is 23.2 Å². The van der Waals surface area contributed by atoms with Gasteiger partial charge in [0.2, 0.25) is 0 Å². The summed E-state index contributed by atoms with van der Waals surface area (Å²) in [5.41, 5.74) is 1.69. The number of nitrogens with zero attached hydrogens (tertiary/aromatic N) is 4. The Morgan fingerprint density at radius 2 is 2.12 bits per heavy atom. The number of halogens is 2. The maximum atomic E-state index is 5.97. The summed E-state index contributed by atoms with van der Waals surface area (Å²) in [5.74, 6) is 1.26. The Morgan fingerprint density at radius 3 is 2.71 bits per heavy atom. The Morgan fingerprint density at radius 1 is 1.35 bits per heavy atom. The lowest BCUT2D eigenvalue weighted by atomic mass is 10.1. The van der Waals surface area contributed by atoms with Crippen LogP contribution in [-0.4, -0.2) is 19.7 Å². The molecule has 0 saturated heterocycles. The molecule has 0 unspecified atom stereocenters. The molecule has 0 radical (unpaired) electrons. The summed E-state index contributed by atoms with van der Waals surface area (Å²) in [7, 11) is 0. The van der Waals surface area contributed by atoms with Crippen molar-refractivity contribution in [2.45, 2.75) is 25.6 Å². The van der Waals surface area contributed by atoms with Crippen LogP contribution in [-0.2, 0) is 5.88 Å². The number of hydrogen-bond acceptors (Lipinski definition) is 3. The molecule has 6 heteroatoms. The summed E-state index contributed by atoms with van der Waals surface area (Å²) in [4.78, 5) is 8.08. The second-order valence-corrected chi connectivity index (χ2v) is 4.57. The zero-order chi connectivity index (χ0) is 12.4. The number of rotatable bonds is 3. The molecule has 0 bridgehead atoms. The van der Waals surface area contributed by atoms with Crippen LogP contribution in [0.2, 0.25) is 5.15 Å². The van der Waals surface area contributed by atoms with Gasteiger partial charge < -0.3 is 0 Å². The van der Waals surface area contributed by atoms with E-state index in [0.29, 0.717) is 22.5 Å². The van der Waals surface area contributed by atoms with E-state index in [9.17, 15) is 0 Å². The predicted octanol–water partition coefficient (Wildman–Crippen LogP) is 3.18. The summed E-state index contributed by atoms with van der Waals surface area (Å²) in [6, 6.07) is 1.96. The third-order valence-corrected chi connectivity index (χ3v) is 3.01. The van der Waals surface area contributed by atoms with E-state index in [1.807, 2.05) is 12.3 Å². The molecule has 90 valence electrons. The monoisotopic (exact) mass is 270 g/mol. The lowest BCUT2D eigenvalue weighted by molar-refractivity contribution is 0.751. The molecular formula is C11H12Cl2N4. The van der Waals surface area contributed by atoms with E-state index in [1.54, 1.807) is 4.68 Å². The molecule has 0 fully saturated rings. The molecular weight excluding hydrogens is 259 g/mol. The average Bonchev–Trinajstić information content (AvgIpc) is 2.77. The second kappa shape index (κ2) is 5.02. The molecule has 0 saturated carbocycles. The lowest BCUT2D eigenvalue weighted by Crippen LogP contribution is -2.05. The van der Waals surface area contributed by atoms with Crippen LogP contribution in [0.4, 0.5) is 0 Å². The Balaban J connectivity index is 2.48. The van der Waals surface area contributed by atoms with E-state index < -0.39 is 0 Å². The lowest BCUT2D eigenvalue weighted by Gasteiger charge is -2.06. The van der Waals surface area contributed by atoms with Crippen molar-refractivity contribution < 1.29 is 0 Å². The first-order valence-corrected chi connectivity index (χ1v) is 6.16. The van der Waals surface area contributed by atoms with Gasteiger partial charge in [0, 0.05) is 11.8 Å². The van der Waals surface area contributed by atoms with E-state index in [-0.39, 0.29) is 5.88 Å². The highest BCUT2D eigenvalue weighted by Crippen LogP contribution is 2.21.